The Hall–Kier alpha value is 0.0200. The van der Waals surface area contributed by atoms with Crippen LogP contribution in [0.1, 0.15) is 16.5 Å². The lowest BCUT2D eigenvalue weighted by atomic mass is 10.0. The molecule has 0 radical (unpaired) electrons. The van der Waals surface area contributed by atoms with Crippen LogP contribution in [0, 0.1) is 3.57 Å². The molecule has 0 amide bonds. The van der Waals surface area contributed by atoms with Gasteiger partial charge in [0, 0.05) is 12.5 Å². The summed E-state index contributed by atoms with van der Waals surface area (Å²) in [6, 6.07) is 9.97. The van der Waals surface area contributed by atoms with E-state index in [1.165, 1.54) is 0 Å². The maximum absolute atomic E-state index is 6.70. The van der Waals surface area contributed by atoms with Crippen LogP contribution in [-0.2, 0) is 0 Å². The van der Waals surface area contributed by atoms with Crippen LogP contribution < -0.4 is 9.47 Å². The zero-order valence-electron chi connectivity index (χ0n) is 10.7. The van der Waals surface area contributed by atoms with Crippen molar-refractivity contribution in [2.45, 2.75) is 5.38 Å². The predicted molar refractivity (Wildman–Crippen MR) is 99.7 cm³/mol. The third-order valence-corrected chi connectivity index (χ3v) is 5.80. The lowest BCUT2D eigenvalue weighted by molar-refractivity contribution is 0.171. The van der Waals surface area contributed by atoms with Gasteiger partial charge in [0.15, 0.2) is 11.5 Å². The number of hydrogen-bond acceptors (Lipinski definition) is 2. The number of rotatable bonds is 2. The maximum atomic E-state index is 6.70. The average Bonchev–Trinajstić information content (AvgIpc) is 2.48. The molecule has 1 unspecified atom stereocenters. The van der Waals surface area contributed by atoms with Gasteiger partial charge in [0.25, 0.3) is 0 Å². The average molecular weight is 544 g/mol. The zero-order valence-corrected chi connectivity index (χ0v) is 16.8. The molecule has 0 aromatic heterocycles. The van der Waals surface area contributed by atoms with E-state index in [0.717, 1.165) is 35.1 Å². The molecule has 0 spiro atoms. The quantitative estimate of drug-likeness (QED) is 0.346. The van der Waals surface area contributed by atoms with Crippen molar-refractivity contribution in [2.24, 2.45) is 0 Å². The molecule has 2 nitrogen and oxygen atoms in total. The van der Waals surface area contributed by atoms with E-state index in [0.29, 0.717) is 13.2 Å². The highest BCUT2D eigenvalue weighted by Crippen LogP contribution is 2.43. The van der Waals surface area contributed by atoms with Gasteiger partial charge in [-0.1, -0.05) is 31.9 Å². The summed E-state index contributed by atoms with van der Waals surface area (Å²) < 4.78 is 14.3. The van der Waals surface area contributed by atoms with E-state index in [1.807, 2.05) is 30.3 Å². The number of benzene rings is 2. The van der Waals surface area contributed by atoms with E-state index in [9.17, 15) is 0 Å². The first-order valence-electron chi connectivity index (χ1n) is 6.24. The van der Waals surface area contributed by atoms with Crippen LogP contribution in [0.2, 0.25) is 0 Å². The molecule has 2 aromatic rings. The van der Waals surface area contributed by atoms with E-state index >= 15 is 0 Å². The second-order valence-corrected chi connectivity index (χ2v) is 7.91. The van der Waals surface area contributed by atoms with Crippen LogP contribution in [0.25, 0.3) is 0 Å². The Balaban J connectivity index is 2.05. The summed E-state index contributed by atoms with van der Waals surface area (Å²) in [5, 5.41) is -0.264. The molecule has 2 aromatic carbocycles. The Morgan fingerprint density at radius 1 is 1.00 bits per heavy atom. The van der Waals surface area contributed by atoms with Crippen molar-refractivity contribution >= 4 is 66.1 Å². The third-order valence-electron chi connectivity index (χ3n) is 3.17. The summed E-state index contributed by atoms with van der Waals surface area (Å²) in [5.74, 6) is 1.50. The van der Waals surface area contributed by atoms with Crippen molar-refractivity contribution in [3.63, 3.8) is 0 Å². The van der Waals surface area contributed by atoms with Crippen LogP contribution in [0.5, 0.6) is 11.5 Å². The highest BCUT2D eigenvalue weighted by Gasteiger charge is 2.21. The summed E-state index contributed by atoms with van der Waals surface area (Å²) in [5.41, 5.74) is 2.03. The molecule has 1 atom stereocenters. The number of halogens is 4. The van der Waals surface area contributed by atoms with Gasteiger partial charge in [-0.2, -0.15) is 0 Å². The van der Waals surface area contributed by atoms with E-state index in [2.05, 4.69) is 54.5 Å². The van der Waals surface area contributed by atoms with Crippen molar-refractivity contribution in [1.29, 1.82) is 0 Å². The molecule has 0 saturated heterocycles. The van der Waals surface area contributed by atoms with Crippen molar-refractivity contribution in [2.75, 3.05) is 13.2 Å². The normalized spacial score (nSPS) is 14.9. The van der Waals surface area contributed by atoms with Gasteiger partial charge in [-0.15, -0.1) is 11.6 Å². The number of hydrogen-bond donors (Lipinski definition) is 0. The van der Waals surface area contributed by atoms with Crippen molar-refractivity contribution in [3.05, 3.63) is 54.0 Å². The fourth-order valence-corrected chi connectivity index (χ4v) is 4.40. The van der Waals surface area contributed by atoms with Gasteiger partial charge in [0.05, 0.1) is 5.38 Å². The number of alkyl halides is 1. The Morgan fingerprint density at radius 2 is 1.67 bits per heavy atom. The fourth-order valence-electron chi connectivity index (χ4n) is 2.15. The zero-order chi connectivity index (χ0) is 15.0. The molecule has 0 saturated carbocycles. The van der Waals surface area contributed by atoms with Crippen molar-refractivity contribution in [1.82, 2.24) is 0 Å². The Labute approximate surface area is 158 Å². The van der Waals surface area contributed by atoms with E-state index in [-0.39, 0.29) is 5.38 Å². The monoisotopic (exact) mass is 542 g/mol. The molecular weight excluding hydrogens is 534 g/mol. The topological polar surface area (TPSA) is 18.5 Å². The third kappa shape index (κ3) is 3.35. The lowest BCUT2D eigenvalue weighted by Gasteiger charge is -2.22. The van der Waals surface area contributed by atoms with Crippen LogP contribution in [0.3, 0.4) is 0 Å². The second kappa shape index (κ2) is 6.64. The summed E-state index contributed by atoms with van der Waals surface area (Å²) in [6.45, 7) is 1.14. The minimum absolute atomic E-state index is 0.264. The van der Waals surface area contributed by atoms with Crippen LogP contribution in [-0.4, -0.2) is 13.2 Å². The lowest BCUT2D eigenvalue weighted by Crippen LogP contribution is -2.15. The molecule has 0 N–H and O–H groups in total. The molecule has 21 heavy (non-hydrogen) atoms. The van der Waals surface area contributed by atoms with Crippen molar-refractivity contribution < 1.29 is 9.47 Å². The Bertz CT molecular complexity index is 694. The van der Waals surface area contributed by atoms with Crippen LogP contribution in [0.4, 0.5) is 0 Å². The summed E-state index contributed by atoms with van der Waals surface area (Å²) in [7, 11) is 0. The molecule has 0 aliphatic carbocycles. The van der Waals surface area contributed by atoms with Gasteiger partial charge >= 0.3 is 0 Å². The largest absolute Gasteiger partial charge is 0.486 e. The fraction of sp³-hybridized carbons (Fsp3) is 0.200. The highest BCUT2D eigenvalue weighted by molar-refractivity contribution is 14.1. The second-order valence-electron chi connectivity index (χ2n) is 4.55. The minimum Gasteiger partial charge on any atom is -0.486 e. The Morgan fingerprint density at radius 3 is 2.38 bits per heavy atom. The molecule has 1 aliphatic rings. The number of ether oxygens (including phenoxy) is 2. The molecule has 1 heterocycles. The van der Waals surface area contributed by atoms with Gasteiger partial charge in [-0.3, -0.25) is 0 Å². The first-order chi connectivity index (χ1) is 10.1. The Kier molecular flexibility index (Phi) is 5.03. The van der Waals surface area contributed by atoms with E-state index in [1.54, 1.807) is 0 Å². The molecule has 3 rings (SSSR count). The van der Waals surface area contributed by atoms with Gasteiger partial charge in [0.2, 0.25) is 0 Å². The number of fused-ring (bicyclic) bond motifs is 1. The highest BCUT2D eigenvalue weighted by atomic mass is 127. The minimum atomic E-state index is -0.264. The van der Waals surface area contributed by atoms with Gasteiger partial charge in [0.1, 0.15) is 13.2 Å². The molecular formula is C15H10Br2ClIO2. The van der Waals surface area contributed by atoms with Crippen LogP contribution >= 0.6 is 66.1 Å². The van der Waals surface area contributed by atoms with Gasteiger partial charge in [-0.05, 0) is 64.0 Å². The standard InChI is InChI=1S/C15H10Br2ClIO2/c16-8-1-2-12(19)10(5-8)15(18)9-6-13-14(7-11(9)17)21-4-3-20-13/h1-2,5-7,15H,3-4H2. The van der Waals surface area contributed by atoms with Crippen molar-refractivity contribution in [3.8, 4) is 11.5 Å². The van der Waals surface area contributed by atoms with Crippen LogP contribution in [0.15, 0.2) is 39.3 Å². The first kappa shape index (κ1) is 15.9. The van der Waals surface area contributed by atoms with E-state index in [4.69, 9.17) is 21.1 Å². The summed E-state index contributed by atoms with van der Waals surface area (Å²) in [4.78, 5) is 0. The SMILES string of the molecule is ClC(c1cc2c(cc1Br)OCCO2)c1cc(Br)ccc1I. The van der Waals surface area contributed by atoms with Gasteiger partial charge < -0.3 is 9.47 Å². The molecule has 0 fully saturated rings. The van der Waals surface area contributed by atoms with Gasteiger partial charge in [-0.25, -0.2) is 0 Å². The van der Waals surface area contributed by atoms with E-state index < -0.39 is 0 Å². The maximum Gasteiger partial charge on any atom is 0.162 e. The summed E-state index contributed by atoms with van der Waals surface area (Å²) in [6.07, 6.45) is 0. The molecule has 0 bridgehead atoms. The molecule has 1 aliphatic heterocycles. The summed E-state index contributed by atoms with van der Waals surface area (Å²) >= 11 is 16.1. The smallest absolute Gasteiger partial charge is 0.162 e. The molecule has 6 heteroatoms. The first-order valence-corrected chi connectivity index (χ1v) is 9.34. The molecule has 110 valence electrons. The predicted octanol–water partition coefficient (Wildman–Crippen LogP) is 5.92.